The van der Waals surface area contributed by atoms with E-state index in [0.29, 0.717) is 38.5 Å². The third-order valence-electron chi connectivity index (χ3n) is 9.85. The van der Waals surface area contributed by atoms with E-state index in [1.165, 1.54) is 0 Å². The van der Waals surface area contributed by atoms with Crippen molar-refractivity contribution in [3.05, 3.63) is 11.6 Å². The van der Waals surface area contributed by atoms with Crippen molar-refractivity contribution in [1.82, 2.24) is 0 Å². The van der Waals surface area contributed by atoms with Crippen molar-refractivity contribution in [2.75, 3.05) is 19.5 Å². The molecule has 212 valence electrons. The molecule has 0 aromatic rings. The van der Waals surface area contributed by atoms with Crippen molar-refractivity contribution >= 4 is 33.6 Å². The van der Waals surface area contributed by atoms with Gasteiger partial charge in [-0.15, -0.1) is 0 Å². The van der Waals surface area contributed by atoms with Gasteiger partial charge in [0.2, 0.25) is 5.78 Å². The molecule has 0 unspecified atom stereocenters. The van der Waals surface area contributed by atoms with Gasteiger partial charge >= 0.3 is 6.16 Å². The monoisotopic (exact) mass is 552 g/mol. The summed E-state index contributed by atoms with van der Waals surface area (Å²) in [4.78, 5) is 52.6. The molecule has 38 heavy (non-hydrogen) atoms. The highest BCUT2D eigenvalue weighted by Crippen LogP contribution is 2.67. The third kappa shape index (κ3) is 4.98. The van der Waals surface area contributed by atoms with Crippen LogP contribution in [0.5, 0.6) is 0 Å². The molecular formula is C28H40O9S. The molecule has 4 rings (SSSR count). The molecule has 0 aromatic carbocycles. The number of carbonyl (C=O) groups is 4. The number of rotatable bonds is 9. The predicted octanol–water partition coefficient (Wildman–Crippen LogP) is 4.32. The van der Waals surface area contributed by atoms with E-state index in [2.05, 4.69) is 6.92 Å². The summed E-state index contributed by atoms with van der Waals surface area (Å²) >= 11 is 0. The summed E-state index contributed by atoms with van der Waals surface area (Å²) in [5, 5.41) is 0. The maximum atomic E-state index is 14.0. The fraction of sp³-hybridized carbons (Fsp3) is 0.786. The second-order valence-corrected chi connectivity index (χ2v) is 13.7. The SMILES string of the molecule is CCCCCOC(=O)O[C@]1(C(=O)COS(C)(=O)=O)CC[C@H]2[C@@H]3CCC4=CC(=O)CC[C@]4(C)[C@H]3C(=O)C[C@@]21C. The average molecular weight is 553 g/mol. The molecule has 0 heterocycles. The minimum Gasteiger partial charge on any atom is -0.434 e. The van der Waals surface area contributed by atoms with Crippen molar-refractivity contribution in [1.29, 1.82) is 0 Å². The summed E-state index contributed by atoms with van der Waals surface area (Å²) in [5.74, 6) is -0.976. The Morgan fingerprint density at radius 3 is 2.50 bits per heavy atom. The number of fused-ring (bicyclic) bond motifs is 5. The van der Waals surface area contributed by atoms with Crippen LogP contribution in [0.3, 0.4) is 0 Å². The van der Waals surface area contributed by atoms with Gasteiger partial charge in [0.25, 0.3) is 10.1 Å². The summed E-state index contributed by atoms with van der Waals surface area (Å²) in [6.45, 7) is 5.29. The number of allylic oxidation sites excluding steroid dienone is 1. The van der Waals surface area contributed by atoms with Gasteiger partial charge in [0.05, 0.1) is 12.9 Å². The quantitative estimate of drug-likeness (QED) is 0.233. The molecule has 0 N–H and O–H groups in total. The van der Waals surface area contributed by atoms with Crippen LogP contribution in [0.25, 0.3) is 0 Å². The van der Waals surface area contributed by atoms with Gasteiger partial charge in [0.15, 0.2) is 11.4 Å². The van der Waals surface area contributed by atoms with Crippen molar-refractivity contribution in [2.24, 2.45) is 28.6 Å². The normalized spacial score (nSPS) is 36.5. The van der Waals surface area contributed by atoms with Crippen LogP contribution in [0, 0.1) is 28.6 Å². The molecule has 4 aliphatic carbocycles. The summed E-state index contributed by atoms with van der Waals surface area (Å²) in [7, 11) is -3.92. The molecule has 0 amide bonds. The van der Waals surface area contributed by atoms with E-state index in [4.69, 9.17) is 13.7 Å². The summed E-state index contributed by atoms with van der Waals surface area (Å²) in [6.07, 6.45) is 7.25. The lowest BCUT2D eigenvalue weighted by atomic mass is 9.46. The smallest absolute Gasteiger partial charge is 0.434 e. The zero-order valence-corrected chi connectivity index (χ0v) is 23.7. The number of hydrogen-bond donors (Lipinski definition) is 0. The topological polar surface area (TPSA) is 130 Å². The highest BCUT2D eigenvalue weighted by atomic mass is 32.2. The van der Waals surface area contributed by atoms with Crippen molar-refractivity contribution in [2.45, 2.75) is 90.6 Å². The van der Waals surface area contributed by atoms with E-state index in [0.717, 1.165) is 24.7 Å². The van der Waals surface area contributed by atoms with Gasteiger partial charge in [-0.3, -0.25) is 18.6 Å². The van der Waals surface area contributed by atoms with Crippen LogP contribution < -0.4 is 0 Å². The Morgan fingerprint density at radius 1 is 1.08 bits per heavy atom. The van der Waals surface area contributed by atoms with E-state index >= 15 is 0 Å². The minimum absolute atomic E-state index is 0.000724. The molecule has 10 heteroatoms. The lowest BCUT2D eigenvalue weighted by Crippen LogP contribution is -2.62. The van der Waals surface area contributed by atoms with E-state index in [1.54, 1.807) is 6.08 Å². The second-order valence-electron chi connectivity index (χ2n) is 12.1. The zero-order valence-electron chi connectivity index (χ0n) is 22.9. The molecule has 0 spiro atoms. The largest absolute Gasteiger partial charge is 0.509 e. The van der Waals surface area contributed by atoms with Gasteiger partial charge in [0, 0.05) is 24.2 Å². The number of Topliss-reactive ketones (excluding diaryl/α,β-unsaturated/α-hetero) is 2. The van der Waals surface area contributed by atoms with E-state index < -0.39 is 45.1 Å². The highest BCUT2D eigenvalue weighted by Gasteiger charge is 2.71. The van der Waals surface area contributed by atoms with E-state index in [-0.39, 0.29) is 48.8 Å². The Kier molecular flexibility index (Phi) is 7.98. The van der Waals surface area contributed by atoms with Gasteiger partial charge in [0.1, 0.15) is 12.4 Å². The number of hydrogen-bond acceptors (Lipinski definition) is 9. The van der Waals surface area contributed by atoms with Gasteiger partial charge in [-0.05, 0) is 61.9 Å². The lowest BCUT2D eigenvalue weighted by molar-refractivity contribution is -0.174. The van der Waals surface area contributed by atoms with Crippen LogP contribution in [0.1, 0.15) is 85.0 Å². The second kappa shape index (κ2) is 10.5. The molecule has 6 atom stereocenters. The number of unbranched alkanes of at least 4 members (excludes halogenated alkanes) is 2. The molecular weight excluding hydrogens is 512 g/mol. The van der Waals surface area contributed by atoms with Crippen LogP contribution in [0.15, 0.2) is 11.6 Å². The van der Waals surface area contributed by atoms with Crippen molar-refractivity contribution in [3.8, 4) is 0 Å². The molecule has 0 aromatic heterocycles. The standard InChI is InChI=1S/C28H40O9S/c1-5-6-7-14-35-25(32)37-28(23(31)17-36-38(4,33)34)13-11-21-20-9-8-18-15-19(29)10-12-26(18,2)24(20)22(30)16-27(21,28)3/h15,20-21,24H,5-14,16-17H2,1-4H3/t20-,21-,24+,26-,27-,28-/m0/s1. The number of ether oxygens (including phenoxy) is 2. The van der Waals surface area contributed by atoms with Crippen LogP contribution in [-0.2, 0) is 38.2 Å². The van der Waals surface area contributed by atoms with Crippen LogP contribution >= 0.6 is 0 Å². The fourth-order valence-electron chi connectivity index (χ4n) is 8.01. The maximum Gasteiger partial charge on any atom is 0.509 e. The number of ketones is 3. The first-order chi connectivity index (χ1) is 17.8. The highest BCUT2D eigenvalue weighted by molar-refractivity contribution is 7.86. The molecule has 3 fully saturated rings. The summed E-state index contributed by atoms with van der Waals surface area (Å²) < 4.78 is 39.4. The summed E-state index contributed by atoms with van der Waals surface area (Å²) in [6, 6.07) is 0. The zero-order chi connectivity index (χ0) is 27.9. The molecule has 0 saturated heterocycles. The van der Waals surface area contributed by atoms with E-state index in [1.807, 2.05) is 13.8 Å². The summed E-state index contributed by atoms with van der Waals surface area (Å²) in [5.41, 5.74) is -2.12. The predicted molar refractivity (Wildman–Crippen MR) is 138 cm³/mol. The van der Waals surface area contributed by atoms with Gasteiger partial charge in [-0.2, -0.15) is 8.42 Å². The first kappa shape index (κ1) is 28.9. The molecule has 0 radical (unpaired) electrons. The average Bonchev–Trinajstić information content (AvgIpc) is 3.12. The molecule has 3 saturated carbocycles. The van der Waals surface area contributed by atoms with Crippen LogP contribution in [0.2, 0.25) is 0 Å². The van der Waals surface area contributed by atoms with E-state index in [9.17, 15) is 27.6 Å². The Morgan fingerprint density at radius 2 is 1.82 bits per heavy atom. The lowest BCUT2D eigenvalue weighted by Gasteiger charge is -2.57. The third-order valence-corrected chi connectivity index (χ3v) is 10.4. The van der Waals surface area contributed by atoms with Crippen molar-refractivity contribution < 1.29 is 41.3 Å². The maximum absolute atomic E-state index is 14.0. The van der Waals surface area contributed by atoms with Crippen LogP contribution in [0.4, 0.5) is 4.79 Å². The fourth-order valence-corrected chi connectivity index (χ4v) is 8.33. The van der Waals surface area contributed by atoms with Gasteiger partial charge in [-0.1, -0.05) is 39.2 Å². The van der Waals surface area contributed by atoms with Crippen molar-refractivity contribution in [3.63, 3.8) is 0 Å². The van der Waals surface area contributed by atoms with Gasteiger partial charge in [-0.25, -0.2) is 4.79 Å². The number of carbonyl (C=O) groups excluding carboxylic acids is 4. The Labute approximate surface area is 225 Å². The Balaban J connectivity index is 1.66. The first-order valence-corrected chi connectivity index (χ1v) is 15.6. The Hall–Kier alpha value is -2.07. The Bertz CT molecular complexity index is 1140. The molecule has 4 aliphatic rings. The van der Waals surface area contributed by atoms with Crippen LogP contribution in [-0.4, -0.2) is 57.0 Å². The minimum atomic E-state index is -3.92. The van der Waals surface area contributed by atoms with Gasteiger partial charge < -0.3 is 9.47 Å². The molecule has 0 aliphatic heterocycles. The molecule has 9 nitrogen and oxygen atoms in total. The molecule has 0 bridgehead atoms. The first-order valence-electron chi connectivity index (χ1n) is 13.8.